The summed E-state index contributed by atoms with van der Waals surface area (Å²) in [6, 6.07) is 6.66. The van der Waals surface area contributed by atoms with E-state index in [0.29, 0.717) is 29.6 Å². The van der Waals surface area contributed by atoms with Gasteiger partial charge in [0.05, 0.1) is 11.1 Å². The van der Waals surface area contributed by atoms with Gasteiger partial charge >= 0.3 is 0 Å². The summed E-state index contributed by atoms with van der Waals surface area (Å²) in [5.41, 5.74) is 0.809. The van der Waals surface area contributed by atoms with E-state index in [-0.39, 0.29) is 0 Å². The van der Waals surface area contributed by atoms with Crippen molar-refractivity contribution in [2.75, 3.05) is 13.1 Å². The Bertz CT molecular complexity index is 671. The highest BCUT2D eigenvalue weighted by molar-refractivity contribution is 7.89. The molecule has 0 aliphatic heterocycles. The summed E-state index contributed by atoms with van der Waals surface area (Å²) in [4.78, 5) is 4.32. The molecule has 1 heterocycles. The first-order chi connectivity index (χ1) is 9.48. The van der Waals surface area contributed by atoms with Crippen molar-refractivity contribution >= 4 is 10.0 Å². The van der Waals surface area contributed by atoms with Gasteiger partial charge in [0.2, 0.25) is 10.0 Å². The third kappa shape index (κ3) is 2.76. The fourth-order valence-corrected chi connectivity index (χ4v) is 3.46. The van der Waals surface area contributed by atoms with Gasteiger partial charge in [-0.1, -0.05) is 13.8 Å². The number of sulfonamides is 1. The molecule has 0 atom stereocenters. The van der Waals surface area contributed by atoms with Crippen LogP contribution in [0.5, 0.6) is 0 Å². The molecule has 1 aromatic heterocycles. The summed E-state index contributed by atoms with van der Waals surface area (Å²) in [5.74, 6) is 1.22. The number of hydrogen-bond donors (Lipinski definition) is 0. The number of aromatic nitrogens is 1. The Labute approximate surface area is 119 Å². The lowest BCUT2D eigenvalue weighted by Crippen LogP contribution is -2.30. The van der Waals surface area contributed by atoms with Crippen molar-refractivity contribution in [2.45, 2.75) is 25.7 Å². The van der Waals surface area contributed by atoms with Gasteiger partial charge in [0.15, 0.2) is 11.7 Å². The second kappa shape index (κ2) is 5.76. The Balaban J connectivity index is 2.33. The van der Waals surface area contributed by atoms with Gasteiger partial charge in [-0.05, 0) is 24.3 Å². The van der Waals surface area contributed by atoms with Crippen LogP contribution < -0.4 is 0 Å². The standard InChI is InChI=1S/C14H18N2O3S/c1-4-16(5-2)20(17,18)13-8-6-12(7-9-13)14-10-15-11(3)19-14/h6-10H,4-5H2,1-3H3. The molecule has 0 aliphatic carbocycles. The van der Waals surface area contributed by atoms with Crippen molar-refractivity contribution in [1.82, 2.24) is 9.29 Å². The van der Waals surface area contributed by atoms with Crippen LogP contribution in [0.2, 0.25) is 0 Å². The minimum Gasteiger partial charge on any atom is -0.441 e. The first-order valence-corrected chi connectivity index (χ1v) is 7.96. The Kier molecular flexibility index (Phi) is 4.25. The summed E-state index contributed by atoms with van der Waals surface area (Å²) in [6.07, 6.45) is 1.63. The van der Waals surface area contributed by atoms with Gasteiger partial charge in [0, 0.05) is 25.6 Å². The second-order valence-corrected chi connectivity index (χ2v) is 6.30. The first-order valence-electron chi connectivity index (χ1n) is 6.52. The summed E-state index contributed by atoms with van der Waals surface area (Å²) in [6.45, 7) is 6.34. The smallest absolute Gasteiger partial charge is 0.243 e. The summed E-state index contributed by atoms with van der Waals surface area (Å²) >= 11 is 0. The number of rotatable bonds is 5. The van der Waals surface area contributed by atoms with Crippen LogP contribution in [0.25, 0.3) is 11.3 Å². The molecule has 0 saturated heterocycles. The van der Waals surface area contributed by atoms with Crippen molar-refractivity contribution in [3.63, 3.8) is 0 Å². The lowest BCUT2D eigenvalue weighted by atomic mass is 10.2. The van der Waals surface area contributed by atoms with Crippen LogP contribution in [0.3, 0.4) is 0 Å². The molecule has 0 saturated carbocycles. The summed E-state index contributed by atoms with van der Waals surface area (Å²) in [5, 5.41) is 0. The number of oxazole rings is 1. The number of benzene rings is 1. The zero-order chi connectivity index (χ0) is 14.8. The maximum atomic E-state index is 12.3. The van der Waals surface area contributed by atoms with Crippen LogP contribution in [-0.4, -0.2) is 30.8 Å². The molecule has 6 heteroatoms. The maximum Gasteiger partial charge on any atom is 0.243 e. The molecule has 20 heavy (non-hydrogen) atoms. The van der Waals surface area contributed by atoms with E-state index in [1.807, 2.05) is 13.8 Å². The molecule has 2 rings (SSSR count). The third-order valence-corrected chi connectivity index (χ3v) is 5.17. The molecule has 0 radical (unpaired) electrons. The molecule has 2 aromatic rings. The van der Waals surface area contributed by atoms with Crippen LogP contribution in [0.15, 0.2) is 39.8 Å². The van der Waals surface area contributed by atoms with E-state index < -0.39 is 10.0 Å². The molecule has 0 aliphatic rings. The first kappa shape index (κ1) is 14.7. The van der Waals surface area contributed by atoms with Crippen molar-refractivity contribution in [2.24, 2.45) is 0 Å². The number of nitrogens with zero attached hydrogens (tertiary/aromatic N) is 2. The van der Waals surface area contributed by atoms with E-state index in [4.69, 9.17) is 4.42 Å². The van der Waals surface area contributed by atoms with E-state index in [1.54, 1.807) is 37.4 Å². The lowest BCUT2D eigenvalue weighted by molar-refractivity contribution is 0.445. The molecule has 0 fully saturated rings. The van der Waals surface area contributed by atoms with Gasteiger partial charge in [-0.15, -0.1) is 0 Å². The average Bonchev–Trinajstić information content (AvgIpc) is 2.87. The predicted octanol–water partition coefficient (Wildman–Crippen LogP) is 2.68. The molecule has 0 N–H and O–H groups in total. The highest BCUT2D eigenvalue weighted by Crippen LogP contribution is 2.23. The highest BCUT2D eigenvalue weighted by atomic mass is 32.2. The maximum absolute atomic E-state index is 12.3. The Morgan fingerprint density at radius 3 is 2.20 bits per heavy atom. The summed E-state index contributed by atoms with van der Waals surface area (Å²) < 4.78 is 31.5. The fraction of sp³-hybridized carbons (Fsp3) is 0.357. The fourth-order valence-electron chi connectivity index (χ4n) is 2.00. The zero-order valence-corrected chi connectivity index (χ0v) is 12.6. The van der Waals surface area contributed by atoms with Gasteiger partial charge < -0.3 is 4.42 Å². The minimum atomic E-state index is -3.41. The van der Waals surface area contributed by atoms with E-state index in [9.17, 15) is 8.42 Å². The van der Waals surface area contributed by atoms with Gasteiger partial charge in [-0.2, -0.15) is 4.31 Å². The van der Waals surface area contributed by atoms with E-state index >= 15 is 0 Å². The molecule has 0 amide bonds. The normalized spacial score (nSPS) is 12.0. The lowest BCUT2D eigenvalue weighted by Gasteiger charge is -2.18. The van der Waals surface area contributed by atoms with Gasteiger partial charge in [-0.3, -0.25) is 0 Å². The average molecular weight is 294 g/mol. The van der Waals surface area contributed by atoms with Gasteiger partial charge in [0.1, 0.15) is 0 Å². The molecule has 108 valence electrons. The number of hydrogen-bond acceptors (Lipinski definition) is 4. The van der Waals surface area contributed by atoms with Crippen LogP contribution in [0.1, 0.15) is 19.7 Å². The topological polar surface area (TPSA) is 63.4 Å². The Morgan fingerprint density at radius 2 is 1.75 bits per heavy atom. The van der Waals surface area contributed by atoms with Gasteiger partial charge in [0.25, 0.3) is 0 Å². The monoisotopic (exact) mass is 294 g/mol. The quantitative estimate of drug-likeness (QED) is 0.850. The van der Waals surface area contributed by atoms with Gasteiger partial charge in [-0.25, -0.2) is 13.4 Å². The van der Waals surface area contributed by atoms with Crippen molar-refractivity contribution in [1.29, 1.82) is 0 Å². The molecular weight excluding hydrogens is 276 g/mol. The largest absolute Gasteiger partial charge is 0.441 e. The Morgan fingerprint density at radius 1 is 1.15 bits per heavy atom. The molecule has 0 bridgehead atoms. The zero-order valence-electron chi connectivity index (χ0n) is 11.8. The van der Waals surface area contributed by atoms with E-state index in [1.165, 1.54) is 4.31 Å². The predicted molar refractivity (Wildman–Crippen MR) is 76.8 cm³/mol. The summed E-state index contributed by atoms with van der Waals surface area (Å²) in [7, 11) is -3.41. The van der Waals surface area contributed by atoms with E-state index in [2.05, 4.69) is 4.98 Å². The van der Waals surface area contributed by atoms with Crippen LogP contribution in [-0.2, 0) is 10.0 Å². The van der Waals surface area contributed by atoms with Crippen molar-refractivity contribution in [3.05, 3.63) is 36.4 Å². The molecule has 1 aromatic carbocycles. The molecular formula is C14H18N2O3S. The second-order valence-electron chi connectivity index (χ2n) is 4.36. The minimum absolute atomic E-state index is 0.293. The molecule has 5 nitrogen and oxygen atoms in total. The van der Waals surface area contributed by atoms with Crippen LogP contribution in [0, 0.1) is 6.92 Å². The van der Waals surface area contributed by atoms with Crippen molar-refractivity contribution < 1.29 is 12.8 Å². The van der Waals surface area contributed by atoms with Crippen LogP contribution in [0.4, 0.5) is 0 Å². The van der Waals surface area contributed by atoms with Crippen LogP contribution >= 0.6 is 0 Å². The highest BCUT2D eigenvalue weighted by Gasteiger charge is 2.21. The third-order valence-electron chi connectivity index (χ3n) is 3.10. The van der Waals surface area contributed by atoms with Crippen molar-refractivity contribution in [3.8, 4) is 11.3 Å². The SMILES string of the molecule is CCN(CC)S(=O)(=O)c1ccc(-c2cnc(C)o2)cc1. The Hall–Kier alpha value is -1.66. The van der Waals surface area contributed by atoms with E-state index in [0.717, 1.165) is 5.56 Å². The molecule has 0 unspecified atom stereocenters. The number of aryl methyl sites for hydroxylation is 1. The molecule has 0 spiro atoms.